The number of benzene rings is 3. The third kappa shape index (κ3) is 5.08. The fourth-order valence-electron chi connectivity index (χ4n) is 4.29. The van der Waals surface area contributed by atoms with Crippen LogP contribution in [-0.4, -0.2) is 47.3 Å². The van der Waals surface area contributed by atoms with Crippen LogP contribution < -0.4 is 19.5 Å². The zero-order valence-corrected chi connectivity index (χ0v) is 22.1. The lowest BCUT2D eigenvalue weighted by Gasteiger charge is -2.09. The van der Waals surface area contributed by atoms with Crippen LogP contribution in [0.3, 0.4) is 0 Å². The Morgan fingerprint density at radius 3 is 2.85 bits per heavy atom. The lowest BCUT2D eigenvalue weighted by Crippen LogP contribution is -2.17. The highest BCUT2D eigenvalue weighted by atomic mass is 32.1. The van der Waals surface area contributed by atoms with Gasteiger partial charge in [-0.2, -0.15) is 0 Å². The number of amides is 1. The first kappa shape index (κ1) is 25.4. The molecule has 40 heavy (non-hydrogen) atoms. The summed E-state index contributed by atoms with van der Waals surface area (Å²) < 4.78 is 36.5. The van der Waals surface area contributed by atoms with E-state index in [9.17, 15) is 14.0 Å². The van der Waals surface area contributed by atoms with E-state index in [1.807, 2.05) is 19.1 Å². The molecular weight excluding hydrogens is 539 g/mol. The van der Waals surface area contributed by atoms with Crippen LogP contribution in [0, 0.1) is 12.7 Å². The Morgan fingerprint density at radius 1 is 1.12 bits per heavy atom. The summed E-state index contributed by atoms with van der Waals surface area (Å²) in [6.07, 6.45) is 1.03. The average molecular weight is 561 g/mol. The van der Waals surface area contributed by atoms with Gasteiger partial charge in [0, 0.05) is 35.0 Å². The van der Waals surface area contributed by atoms with Gasteiger partial charge in [-0.25, -0.2) is 24.1 Å². The molecule has 0 saturated carbocycles. The smallest absolute Gasteiger partial charge is 0.411 e. The van der Waals surface area contributed by atoms with E-state index in [0.717, 1.165) is 21.4 Å². The minimum atomic E-state index is -0.720. The van der Waals surface area contributed by atoms with E-state index in [1.54, 1.807) is 30.5 Å². The van der Waals surface area contributed by atoms with Crippen molar-refractivity contribution in [2.75, 3.05) is 25.6 Å². The lowest BCUT2D eigenvalue weighted by atomic mass is 10.1. The molecule has 3 heterocycles. The van der Waals surface area contributed by atoms with E-state index in [4.69, 9.17) is 18.9 Å². The van der Waals surface area contributed by atoms with Gasteiger partial charge in [-0.1, -0.05) is 6.07 Å². The number of aryl methyl sites for hydroxylation is 1. The molecular formula is C28H21FN4O6S. The highest BCUT2D eigenvalue weighted by Crippen LogP contribution is 2.37. The number of carbonyl (C=O) groups is 2. The number of thiazole rings is 1. The lowest BCUT2D eigenvalue weighted by molar-refractivity contribution is -0.131. The Balaban J connectivity index is 1.12. The summed E-state index contributed by atoms with van der Waals surface area (Å²) in [6, 6.07) is 11.7. The van der Waals surface area contributed by atoms with Crippen molar-refractivity contribution in [1.82, 2.24) is 15.0 Å². The van der Waals surface area contributed by atoms with Crippen molar-refractivity contribution >= 4 is 50.3 Å². The van der Waals surface area contributed by atoms with Crippen LogP contribution in [0.2, 0.25) is 0 Å². The van der Waals surface area contributed by atoms with Gasteiger partial charge in [-0.3, -0.25) is 10.1 Å². The predicted octanol–water partition coefficient (Wildman–Crippen LogP) is 5.45. The molecule has 3 aromatic carbocycles. The maximum Gasteiger partial charge on any atom is 0.411 e. The van der Waals surface area contributed by atoms with Gasteiger partial charge >= 0.3 is 12.1 Å². The number of nitrogens with zero attached hydrogens (tertiary/aromatic N) is 3. The van der Waals surface area contributed by atoms with Gasteiger partial charge in [0.1, 0.15) is 24.0 Å². The highest BCUT2D eigenvalue weighted by Gasteiger charge is 2.21. The summed E-state index contributed by atoms with van der Waals surface area (Å²) in [6.45, 7) is 1.77. The molecule has 5 aromatic rings. The third-order valence-corrected chi connectivity index (χ3v) is 7.15. The summed E-state index contributed by atoms with van der Waals surface area (Å²) in [5.74, 6) is -0.0853. The van der Waals surface area contributed by atoms with Crippen molar-refractivity contribution in [3.05, 3.63) is 65.6 Å². The largest absolute Gasteiger partial charge is 0.487 e. The molecule has 202 valence electrons. The Morgan fingerprint density at radius 2 is 2.00 bits per heavy atom. The number of methoxy groups -OCH3 is 1. The van der Waals surface area contributed by atoms with Crippen molar-refractivity contribution in [2.24, 2.45) is 0 Å². The fraction of sp³-hybridized carbons (Fsp3) is 0.179. The van der Waals surface area contributed by atoms with E-state index in [0.29, 0.717) is 38.9 Å². The number of aromatic nitrogens is 3. The number of rotatable bonds is 7. The first-order chi connectivity index (χ1) is 19.4. The molecule has 0 saturated heterocycles. The Bertz CT molecular complexity index is 1810. The van der Waals surface area contributed by atoms with E-state index in [2.05, 4.69) is 20.3 Å². The molecule has 0 aliphatic carbocycles. The Labute approximate surface area is 230 Å². The minimum Gasteiger partial charge on any atom is -0.487 e. The second-order valence-electron chi connectivity index (χ2n) is 8.94. The molecule has 0 radical (unpaired) electrons. The van der Waals surface area contributed by atoms with Crippen molar-refractivity contribution in [3.63, 3.8) is 0 Å². The fourth-order valence-corrected chi connectivity index (χ4v) is 5.29. The molecule has 0 spiro atoms. The standard InChI is InChI=1S/C28H21FN4O6S/c1-14-7-17(26-20(8-14)32-24(36-2)13-30-26)27-33-19-11-18(29)22(12-23(19)40-27)37-5-6-38-28(35)31-16-4-3-15-9-25(34)39-21(15)10-16/h3-4,7-8,10-13H,5-6,9H2,1-2H3,(H,31,35). The second kappa shape index (κ2) is 10.4. The average Bonchev–Trinajstić information content (AvgIpc) is 3.51. The van der Waals surface area contributed by atoms with Crippen molar-refractivity contribution in [2.45, 2.75) is 13.3 Å². The van der Waals surface area contributed by atoms with E-state index in [-0.39, 0.29) is 31.4 Å². The monoisotopic (exact) mass is 560 g/mol. The van der Waals surface area contributed by atoms with Crippen molar-refractivity contribution < 1.29 is 32.9 Å². The van der Waals surface area contributed by atoms with Gasteiger partial charge in [0.25, 0.3) is 0 Å². The number of nitrogens with one attached hydrogen (secondary N) is 1. The molecule has 12 heteroatoms. The molecule has 0 bridgehead atoms. The summed E-state index contributed by atoms with van der Waals surface area (Å²) in [7, 11) is 1.53. The quantitative estimate of drug-likeness (QED) is 0.157. The van der Waals surface area contributed by atoms with Gasteiger partial charge in [0.15, 0.2) is 11.6 Å². The Hall–Kier alpha value is -4.84. The number of esters is 1. The van der Waals surface area contributed by atoms with E-state index in [1.165, 1.54) is 24.5 Å². The topological polar surface area (TPSA) is 122 Å². The van der Waals surface area contributed by atoms with Gasteiger partial charge in [0.2, 0.25) is 5.88 Å². The van der Waals surface area contributed by atoms with Gasteiger partial charge in [-0.15, -0.1) is 11.3 Å². The molecule has 0 fully saturated rings. The second-order valence-corrected chi connectivity index (χ2v) is 9.98. The van der Waals surface area contributed by atoms with Crippen molar-refractivity contribution in [3.8, 4) is 28.0 Å². The number of hydrogen-bond donors (Lipinski definition) is 1. The predicted molar refractivity (Wildman–Crippen MR) is 146 cm³/mol. The number of anilines is 1. The third-order valence-electron chi connectivity index (χ3n) is 6.10. The first-order valence-corrected chi connectivity index (χ1v) is 13.0. The normalized spacial score (nSPS) is 12.3. The van der Waals surface area contributed by atoms with E-state index >= 15 is 0 Å². The van der Waals surface area contributed by atoms with Gasteiger partial charge in [0.05, 0.1) is 41.0 Å². The van der Waals surface area contributed by atoms with Crippen LogP contribution >= 0.6 is 11.3 Å². The Kier molecular flexibility index (Phi) is 6.60. The molecule has 1 N–H and O–H groups in total. The maximum absolute atomic E-state index is 14.8. The molecule has 0 atom stereocenters. The van der Waals surface area contributed by atoms with Crippen LogP contribution in [-0.2, 0) is 16.0 Å². The van der Waals surface area contributed by atoms with Crippen molar-refractivity contribution in [1.29, 1.82) is 0 Å². The zero-order valence-electron chi connectivity index (χ0n) is 21.3. The van der Waals surface area contributed by atoms with Crippen LogP contribution in [0.1, 0.15) is 11.1 Å². The summed E-state index contributed by atoms with van der Waals surface area (Å²) >= 11 is 1.38. The van der Waals surface area contributed by atoms with E-state index < -0.39 is 11.9 Å². The molecule has 0 unspecified atom stereocenters. The summed E-state index contributed by atoms with van der Waals surface area (Å²) in [5.41, 5.74) is 4.76. The van der Waals surface area contributed by atoms with Crippen LogP contribution in [0.4, 0.5) is 14.9 Å². The number of halogens is 1. The first-order valence-electron chi connectivity index (χ1n) is 12.2. The maximum atomic E-state index is 14.8. The highest BCUT2D eigenvalue weighted by molar-refractivity contribution is 7.21. The molecule has 1 aliphatic heterocycles. The molecule has 1 aliphatic rings. The van der Waals surface area contributed by atoms with Crippen LogP contribution in [0.5, 0.6) is 17.4 Å². The summed E-state index contributed by atoms with van der Waals surface area (Å²) in [5, 5.41) is 3.22. The minimum absolute atomic E-state index is 0.0192. The SMILES string of the molecule is COc1cnc2c(-c3nc4cc(F)c(OCCOC(=O)Nc5ccc6c(c5)OC(=O)C6)cc4s3)cc(C)cc2n1. The number of carbonyl (C=O) groups excluding carboxylic acids is 2. The molecule has 10 nitrogen and oxygen atoms in total. The number of fused-ring (bicyclic) bond motifs is 3. The summed E-state index contributed by atoms with van der Waals surface area (Å²) in [4.78, 5) is 37.1. The number of ether oxygens (including phenoxy) is 4. The zero-order chi connectivity index (χ0) is 27.8. The van der Waals surface area contributed by atoms with Crippen LogP contribution in [0.25, 0.3) is 31.8 Å². The van der Waals surface area contributed by atoms with Gasteiger partial charge in [-0.05, 0) is 30.7 Å². The number of hydrogen-bond acceptors (Lipinski definition) is 10. The van der Waals surface area contributed by atoms with Gasteiger partial charge < -0.3 is 18.9 Å². The van der Waals surface area contributed by atoms with Crippen LogP contribution in [0.15, 0.2) is 48.7 Å². The molecule has 2 aromatic heterocycles. The molecule has 6 rings (SSSR count). The molecule has 1 amide bonds.